The zero-order valence-corrected chi connectivity index (χ0v) is 13.5. The van der Waals surface area contributed by atoms with Gasteiger partial charge in [-0.15, -0.1) is 11.3 Å². The summed E-state index contributed by atoms with van der Waals surface area (Å²) >= 11 is 7.75. The summed E-state index contributed by atoms with van der Waals surface area (Å²) in [6, 6.07) is 5.95. The topological polar surface area (TPSA) is 34.1 Å². The number of halogens is 1. The van der Waals surface area contributed by atoms with Gasteiger partial charge >= 0.3 is 0 Å². The van der Waals surface area contributed by atoms with Crippen LogP contribution in [-0.4, -0.2) is 11.5 Å². The molecule has 1 heterocycles. The highest BCUT2D eigenvalue weighted by molar-refractivity contribution is 7.11. The van der Waals surface area contributed by atoms with Crippen LogP contribution in [0, 0.1) is 6.92 Å². The van der Waals surface area contributed by atoms with E-state index in [0.29, 0.717) is 6.61 Å². The summed E-state index contributed by atoms with van der Waals surface area (Å²) in [5.41, 5.74) is 1.08. The minimum Gasteiger partial charge on any atom is -0.488 e. The van der Waals surface area contributed by atoms with Crippen molar-refractivity contribution in [1.29, 1.82) is 0 Å². The summed E-state index contributed by atoms with van der Waals surface area (Å²) in [5.74, 6) is 0.869. The van der Waals surface area contributed by atoms with Crippen molar-refractivity contribution in [2.45, 2.75) is 33.4 Å². The molecule has 0 fully saturated rings. The molecule has 1 atom stereocenters. The Morgan fingerprint density at radius 2 is 2.25 bits per heavy atom. The minimum atomic E-state index is 0.205. The normalized spacial score (nSPS) is 12.4. The fraction of sp³-hybridized carbons (Fsp3) is 0.400. The lowest BCUT2D eigenvalue weighted by molar-refractivity contribution is 0.303. The second-order valence-corrected chi connectivity index (χ2v) is 6.35. The standard InChI is InChI=1S/C15H19ClN2OS/c1-4-17-10(2)14-7-12(16)5-6-15(14)19-9-13-8-18-11(3)20-13/h5-8,10,17H,4,9H2,1-3H3. The zero-order valence-electron chi connectivity index (χ0n) is 11.9. The minimum absolute atomic E-state index is 0.205. The van der Waals surface area contributed by atoms with Crippen LogP contribution >= 0.6 is 22.9 Å². The molecule has 0 saturated carbocycles. The van der Waals surface area contributed by atoms with Gasteiger partial charge in [-0.25, -0.2) is 4.98 Å². The van der Waals surface area contributed by atoms with Gasteiger partial charge in [0.1, 0.15) is 12.4 Å². The molecule has 0 aliphatic carbocycles. The molecular weight excluding hydrogens is 292 g/mol. The largest absolute Gasteiger partial charge is 0.488 e. The molecule has 0 saturated heterocycles. The van der Waals surface area contributed by atoms with Gasteiger partial charge < -0.3 is 10.1 Å². The quantitative estimate of drug-likeness (QED) is 0.861. The van der Waals surface area contributed by atoms with Crippen LogP contribution in [0.25, 0.3) is 0 Å². The molecule has 1 aromatic heterocycles. The fourth-order valence-corrected chi connectivity index (χ4v) is 2.91. The number of hydrogen-bond acceptors (Lipinski definition) is 4. The maximum absolute atomic E-state index is 6.09. The molecule has 1 unspecified atom stereocenters. The van der Waals surface area contributed by atoms with E-state index in [1.807, 2.05) is 31.3 Å². The van der Waals surface area contributed by atoms with E-state index in [1.165, 1.54) is 0 Å². The average Bonchev–Trinajstić information content (AvgIpc) is 2.83. The van der Waals surface area contributed by atoms with E-state index in [9.17, 15) is 0 Å². The van der Waals surface area contributed by atoms with Crippen molar-refractivity contribution in [2.24, 2.45) is 0 Å². The van der Waals surface area contributed by atoms with Gasteiger partial charge in [-0.1, -0.05) is 18.5 Å². The Balaban J connectivity index is 2.13. The van der Waals surface area contributed by atoms with Crippen molar-refractivity contribution in [3.8, 4) is 5.75 Å². The number of nitrogens with zero attached hydrogens (tertiary/aromatic N) is 1. The molecule has 0 aliphatic heterocycles. The third kappa shape index (κ3) is 3.95. The number of benzene rings is 1. The molecule has 0 aliphatic rings. The molecule has 108 valence electrons. The number of aromatic nitrogens is 1. The first-order chi connectivity index (χ1) is 9.60. The summed E-state index contributed by atoms with van der Waals surface area (Å²) in [6.45, 7) is 7.63. The monoisotopic (exact) mass is 310 g/mol. The van der Waals surface area contributed by atoms with Crippen LogP contribution in [0.3, 0.4) is 0 Å². The van der Waals surface area contributed by atoms with E-state index >= 15 is 0 Å². The number of thiazole rings is 1. The third-order valence-corrected chi connectivity index (χ3v) is 4.11. The van der Waals surface area contributed by atoms with Crippen molar-refractivity contribution < 1.29 is 4.74 Å². The van der Waals surface area contributed by atoms with Gasteiger partial charge in [0.25, 0.3) is 0 Å². The van der Waals surface area contributed by atoms with Crippen molar-refractivity contribution >= 4 is 22.9 Å². The number of rotatable bonds is 6. The summed E-state index contributed by atoms with van der Waals surface area (Å²) in [7, 11) is 0. The molecule has 3 nitrogen and oxygen atoms in total. The molecule has 0 spiro atoms. The van der Waals surface area contributed by atoms with E-state index in [1.54, 1.807) is 11.3 Å². The summed E-state index contributed by atoms with van der Waals surface area (Å²) in [6.07, 6.45) is 1.86. The molecule has 0 bridgehead atoms. The number of hydrogen-bond donors (Lipinski definition) is 1. The lowest BCUT2D eigenvalue weighted by Crippen LogP contribution is -2.18. The molecule has 5 heteroatoms. The van der Waals surface area contributed by atoms with Crippen LogP contribution in [0.15, 0.2) is 24.4 Å². The van der Waals surface area contributed by atoms with E-state index in [2.05, 4.69) is 24.1 Å². The zero-order chi connectivity index (χ0) is 14.5. The Morgan fingerprint density at radius 1 is 1.45 bits per heavy atom. The highest BCUT2D eigenvalue weighted by Gasteiger charge is 2.12. The average molecular weight is 311 g/mol. The Morgan fingerprint density at radius 3 is 2.90 bits per heavy atom. The number of aryl methyl sites for hydroxylation is 1. The Bertz CT molecular complexity index is 571. The fourth-order valence-electron chi connectivity index (χ4n) is 2.03. The van der Waals surface area contributed by atoms with Gasteiger partial charge in [0, 0.05) is 22.8 Å². The smallest absolute Gasteiger partial charge is 0.124 e. The predicted molar refractivity (Wildman–Crippen MR) is 84.7 cm³/mol. The van der Waals surface area contributed by atoms with Crippen LogP contribution in [0.5, 0.6) is 5.75 Å². The van der Waals surface area contributed by atoms with E-state index < -0.39 is 0 Å². The first-order valence-electron chi connectivity index (χ1n) is 6.67. The van der Waals surface area contributed by atoms with Crippen molar-refractivity contribution in [3.05, 3.63) is 44.9 Å². The van der Waals surface area contributed by atoms with Gasteiger partial charge in [0.05, 0.1) is 9.88 Å². The first-order valence-corrected chi connectivity index (χ1v) is 7.86. The van der Waals surface area contributed by atoms with Gasteiger partial charge in [-0.2, -0.15) is 0 Å². The van der Waals surface area contributed by atoms with Gasteiger partial charge in [0.2, 0.25) is 0 Å². The molecule has 2 rings (SSSR count). The van der Waals surface area contributed by atoms with Crippen molar-refractivity contribution in [2.75, 3.05) is 6.54 Å². The maximum atomic E-state index is 6.09. The molecular formula is C15H19ClN2OS. The third-order valence-electron chi connectivity index (χ3n) is 2.99. The summed E-state index contributed by atoms with van der Waals surface area (Å²) in [5, 5.41) is 5.17. The Hall–Kier alpha value is -1.10. The lowest BCUT2D eigenvalue weighted by atomic mass is 10.1. The van der Waals surface area contributed by atoms with Crippen molar-refractivity contribution in [1.82, 2.24) is 10.3 Å². The SMILES string of the molecule is CCNC(C)c1cc(Cl)ccc1OCc1cnc(C)s1. The second-order valence-electron chi connectivity index (χ2n) is 4.60. The van der Waals surface area contributed by atoms with Gasteiger partial charge in [-0.3, -0.25) is 0 Å². The first kappa shape index (κ1) is 15.3. The van der Waals surface area contributed by atoms with Crippen LogP contribution < -0.4 is 10.1 Å². The molecule has 0 amide bonds. The van der Waals surface area contributed by atoms with Crippen LogP contribution in [0.1, 0.15) is 35.3 Å². The Kier molecular flexibility index (Phi) is 5.40. The van der Waals surface area contributed by atoms with Crippen molar-refractivity contribution in [3.63, 3.8) is 0 Å². The molecule has 2 aromatic rings. The molecule has 0 radical (unpaired) electrons. The van der Waals surface area contributed by atoms with E-state index in [0.717, 1.165) is 32.8 Å². The number of ether oxygens (including phenoxy) is 1. The highest BCUT2D eigenvalue weighted by atomic mass is 35.5. The van der Waals surface area contributed by atoms with E-state index in [4.69, 9.17) is 16.3 Å². The van der Waals surface area contributed by atoms with Crippen LogP contribution in [-0.2, 0) is 6.61 Å². The molecule has 20 heavy (non-hydrogen) atoms. The molecule has 1 aromatic carbocycles. The van der Waals surface area contributed by atoms with Crippen LogP contribution in [0.4, 0.5) is 0 Å². The summed E-state index contributed by atoms with van der Waals surface area (Å²) in [4.78, 5) is 5.36. The van der Waals surface area contributed by atoms with Gasteiger partial charge in [0.15, 0.2) is 0 Å². The predicted octanol–water partition coefficient (Wildman–Crippen LogP) is 4.35. The van der Waals surface area contributed by atoms with Gasteiger partial charge in [-0.05, 0) is 38.6 Å². The highest BCUT2D eigenvalue weighted by Crippen LogP contribution is 2.29. The molecule has 1 N–H and O–H groups in total. The number of nitrogens with one attached hydrogen (secondary N) is 1. The summed E-state index contributed by atoms with van der Waals surface area (Å²) < 4.78 is 5.93. The Labute approximate surface area is 129 Å². The van der Waals surface area contributed by atoms with Crippen LogP contribution in [0.2, 0.25) is 5.02 Å². The maximum Gasteiger partial charge on any atom is 0.124 e. The lowest BCUT2D eigenvalue weighted by Gasteiger charge is -2.17. The second kappa shape index (κ2) is 7.07. The van der Waals surface area contributed by atoms with E-state index in [-0.39, 0.29) is 6.04 Å².